The molecule has 1 aromatic carbocycles. The van der Waals surface area contributed by atoms with Crippen LogP contribution in [0.2, 0.25) is 0 Å². The summed E-state index contributed by atoms with van der Waals surface area (Å²) in [4.78, 5) is 11.5. The molecule has 21 heavy (non-hydrogen) atoms. The van der Waals surface area contributed by atoms with Crippen LogP contribution in [0.3, 0.4) is 0 Å². The lowest BCUT2D eigenvalue weighted by Gasteiger charge is -2.21. The summed E-state index contributed by atoms with van der Waals surface area (Å²) in [7, 11) is 0. The van der Waals surface area contributed by atoms with Gasteiger partial charge in [-0.2, -0.15) is 8.78 Å². The molecule has 5 nitrogen and oxygen atoms in total. The molecular weight excluding hydrogens is 282 g/mol. The maximum absolute atomic E-state index is 12.0. The van der Waals surface area contributed by atoms with Crippen molar-refractivity contribution in [3.8, 4) is 5.75 Å². The molecule has 0 radical (unpaired) electrons. The molecule has 0 aromatic heterocycles. The van der Waals surface area contributed by atoms with E-state index in [2.05, 4.69) is 15.4 Å². The molecule has 0 bridgehead atoms. The van der Waals surface area contributed by atoms with Gasteiger partial charge in [-0.15, -0.1) is 0 Å². The highest BCUT2D eigenvalue weighted by Crippen LogP contribution is 2.18. The van der Waals surface area contributed by atoms with Crippen LogP contribution in [0.4, 0.5) is 13.6 Å². The van der Waals surface area contributed by atoms with Gasteiger partial charge in [-0.25, -0.2) is 4.79 Å². The molecule has 0 aliphatic carbocycles. The molecule has 118 valence electrons. The number of rotatable bonds is 5. The summed E-state index contributed by atoms with van der Waals surface area (Å²) in [5.41, 5.74) is 0.121. The van der Waals surface area contributed by atoms with Crippen LogP contribution in [0.25, 0.3) is 0 Å². The molecule has 0 heterocycles. The summed E-state index contributed by atoms with van der Waals surface area (Å²) >= 11 is 0. The van der Waals surface area contributed by atoms with Crippen LogP contribution in [0.1, 0.15) is 32.4 Å². The monoisotopic (exact) mass is 302 g/mol. The van der Waals surface area contributed by atoms with E-state index in [4.69, 9.17) is 0 Å². The lowest BCUT2D eigenvalue weighted by atomic mass is 10.1. The van der Waals surface area contributed by atoms with E-state index in [0.29, 0.717) is 5.56 Å². The number of alkyl halides is 2. The molecule has 7 heteroatoms. The Balaban J connectivity index is 2.48. The second kappa shape index (κ2) is 7.21. The molecule has 1 unspecified atom stereocenters. The van der Waals surface area contributed by atoms with Crippen molar-refractivity contribution in [2.24, 2.45) is 0 Å². The van der Waals surface area contributed by atoms with Crippen molar-refractivity contribution in [2.75, 3.05) is 6.54 Å². The van der Waals surface area contributed by atoms with Crippen LogP contribution in [0.15, 0.2) is 24.3 Å². The predicted molar refractivity (Wildman–Crippen MR) is 74.3 cm³/mol. The van der Waals surface area contributed by atoms with E-state index in [9.17, 15) is 18.7 Å². The fraction of sp³-hybridized carbons (Fsp3) is 0.500. The van der Waals surface area contributed by atoms with Gasteiger partial charge in [0, 0.05) is 12.1 Å². The van der Waals surface area contributed by atoms with Gasteiger partial charge in [0.15, 0.2) is 0 Å². The first-order valence-corrected chi connectivity index (χ1v) is 6.46. The van der Waals surface area contributed by atoms with Crippen molar-refractivity contribution in [2.45, 2.75) is 39.0 Å². The quantitative estimate of drug-likeness (QED) is 0.782. The van der Waals surface area contributed by atoms with Crippen LogP contribution in [0, 0.1) is 0 Å². The largest absolute Gasteiger partial charge is 0.435 e. The third-order valence-corrected chi connectivity index (χ3v) is 2.43. The van der Waals surface area contributed by atoms with Gasteiger partial charge in [-0.05, 0) is 38.5 Å². The lowest BCUT2D eigenvalue weighted by Crippen LogP contribution is -2.47. The zero-order chi connectivity index (χ0) is 16.0. The Morgan fingerprint density at radius 1 is 1.29 bits per heavy atom. The molecule has 2 amide bonds. The van der Waals surface area contributed by atoms with Gasteiger partial charge in [0.05, 0.1) is 6.10 Å². The third-order valence-electron chi connectivity index (χ3n) is 2.43. The molecule has 0 fully saturated rings. The topological polar surface area (TPSA) is 70.6 Å². The second-order valence-corrected chi connectivity index (χ2v) is 5.55. The molecule has 1 aromatic rings. The van der Waals surface area contributed by atoms with Crippen LogP contribution in [-0.2, 0) is 0 Å². The van der Waals surface area contributed by atoms with Gasteiger partial charge in [0.2, 0.25) is 0 Å². The lowest BCUT2D eigenvalue weighted by molar-refractivity contribution is -0.0498. The first kappa shape index (κ1) is 17.2. The molecular formula is C14H20F2N2O3. The Morgan fingerprint density at radius 2 is 1.86 bits per heavy atom. The highest BCUT2D eigenvalue weighted by molar-refractivity contribution is 5.74. The van der Waals surface area contributed by atoms with Crippen LogP contribution in [0.5, 0.6) is 5.75 Å². The average Bonchev–Trinajstić information content (AvgIpc) is 2.34. The molecule has 1 rings (SSSR count). The molecule has 1 atom stereocenters. The summed E-state index contributed by atoms with van der Waals surface area (Å²) in [6.07, 6.45) is -0.934. The Hall–Kier alpha value is -1.89. The minimum atomic E-state index is -2.89. The van der Waals surface area contributed by atoms with E-state index < -0.39 is 12.7 Å². The number of aliphatic hydroxyl groups is 1. The normalized spacial score (nSPS) is 12.9. The minimum Gasteiger partial charge on any atom is -0.435 e. The zero-order valence-corrected chi connectivity index (χ0v) is 12.2. The predicted octanol–water partition coefficient (Wildman–Crippen LogP) is 2.42. The van der Waals surface area contributed by atoms with Gasteiger partial charge >= 0.3 is 12.6 Å². The van der Waals surface area contributed by atoms with Gasteiger partial charge in [-0.3, -0.25) is 0 Å². The smallest absolute Gasteiger partial charge is 0.387 e. The van der Waals surface area contributed by atoms with E-state index in [1.54, 1.807) is 0 Å². The molecule has 0 saturated heterocycles. The second-order valence-electron chi connectivity index (χ2n) is 5.55. The van der Waals surface area contributed by atoms with Crippen molar-refractivity contribution in [1.29, 1.82) is 0 Å². The highest BCUT2D eigenvalue weighted by Gasteiger charge is 2.15. The van der Waals surface area contributed by atoms with E-state index in [0.717, 1.165) is 0 Å². The van der Waals surface area contributed by atoms with E-state index >= 15 is 0 Å². The fourth-order valence-electron chi connectivity index (χ4n) is 1.56. The Morgan fingerprint density at radius 3 is 2.33 bits per heavy atom. The number of carbonyl (C=O) groups excluding carboxylic acids is 1. The minimum absolute atomic E-state index is 0.0109. The first-order valence-electron chi connectivity index (χ1n) is 6.46. The van der Waals surface area contributed by atoms with E-state index in [1.807, 2.05) is 20.8 Å². The van der Waals surface area contributed by atoms with Gasteiger partial charge in [0.25, 0.3) is 0 Å². The molecule has 0 spiro atoms. The van der Waals surface area contributed by atoms with Crippen LogP contribution in [-0.4, -0.2) is 29.8 Å². The highest BCUT2D eigenvalue weighted by atomic mass is 19.3. The van der Waals surface area contributed by atoms with Gasteiger partial charge in [0.1, 0.15) is 5.75 Å². The maximum Gasteiger partial charge on any atom is 0.387 e. The molecule has 3 N–H and O–H groups in total. The summed E-state index contributed by atoms with van der Waals surface area (Å²) in [6, 6.07) is 5.20. The van der Waals surface area contributed by atoms with Crippen molar-refractivity contribution in [3.05, 3.63) is 29.8 Å². The number of carbonyl (C=O) groups is 1. The van der Waals surface area contributed by atoms with Gasteiger partial charge in [-0.1, -0.05) is 12.1 Å². The molecule has 0 aliphatic heterocycles. The number of amides is 2. The average molecular weight is 302 g/mol. The third kappa shape index (κ3) is 6.89. The van der Waals surface area contributed by atoms with Crippen molar-refractivity contribution in [1.82, 2.24) is 10.6 Å². The SMILES string of the molecule is CC(C)(C)NC(=O)NCC(O)c1ccc(OC(F)F)cc1. The maximum atomic E-state index is 12.0. The Bertz CT molecular complexity index is 458. The first-order chi connectivity index (χ1) is 9.67. The van der Waals surface area contributed by atoms with E-state index in [1.165, 1.54) is 24.3 Å². The van der Waals surface area contributed by atoms with Gasteiger partial charge < -0.3 is 20.5 Å². The Kier molecular flexibility index (Phi) is 5.90. The zero-order valence-electron chi connectivity index (χ0n) is 12.2. The van der Waals surface area contributed by atoms with Crippen molar-refractivity contribution >= 4 is 6.03 Å². The standard InChI is InChI=1S/C14H20F2N2O3/c1-14(2,3)18-13(20)17-8-11(19)9-4-6-10(7-5-9)21-12(15)16/h4-7,11-12,19H,8H2,1-3H3,(H2,17,18,20). The Labute approximate surface area is 122 Å². The number of halogens is 2. The van der Waals surface area contributed by atoms with Crippen molar-refractivity contribution < 1.29 is 23.4 Å². The van der Waals surface area contributed by atoms with Crippen LogP contribution >= 0.6 is 0 Å². The number of hydrogen-bond acceptors (Lipinski definition) is 3. The van der Waals surface area contributed by atoms with Crippen LogP contribution < -0.4 is 15.4 Å². The number of benzene rings is 1. The summed E-state index contributed by atoms with van der Waals surface area (Å²) in [5, 5.41) is 15.1. The summed E-state index contributed by atoms with van der Waals surface area (Å²) < 4.78 is 28.2. The van der Waals surface area contributed by atoms with E-state index in [-0.39, 0.29) is 23.9 Å². The number of urea groups is 1. The number of aliphatic hydroxyl groups excluding tert-OH is 1. The summed E-state index contributed by atoms with van der Waals surface area (Å²) in [5.74, 6) is 0.0133. The molecule has 0 saturated carbocycles. The fourth-order valence-corrected chi connectivity index (χ4v) is 1.56. The number of ether oxygens (including phenoxy) is 1. The van der Waals surface area contributed by atoms with Crippen molar-refractivity contribution in [3.63, 3.8) is 0 Å². The number of nitrogens with one attached hydrogen (secondary N) is 2. The summed E-state index contributed by atoms with van der Waals surface area (Å²) in [6.45, 7) is 2.64. The number of hydrogen-bond donors (Lipinski definition) is 3. The molecule has 0 aliphatic rings.